The highest BCUT2D eigenvalue weighted by atomic mass is 16.5. The molecule has 0 spiro atoms. The third-order valence-corrected chi connectivity index (χ3v) is 3.62. The van der Waals surface area contributed by atoms with Crippen molar-refractivity contribution in [1.82, 2.24) is 9.97 Å². The normalized spacial score (nSPS) is 23.4. The molecule has 2 rings (SSSR count). The van der Waals surface area contributed by atoms with Gasteiger partial charge in [0.2, 0.25) is 5.88 Å². The zero-order valence-corrected chi connectivity index (χ0v) is 11.9. The molecule has 0 radical (unpaired) electrons. The van der Waals surface area contributed by atoms with Gasteiger partial charge in [-0.1, -0.05) is 6.92 Å². The van der Waals surface area contributed by atoms with Gasteiger partial charge in [-0.15, -0.1) is 0 Å². The van der Waals surface area contributed by atoms with E-state index in [1.807, 2.05) is 6.20 Å². The predicted octanol–water partition coefficient (Wildman–Crippen LogP) is 1.97. The topological polar surface area (TPSA) is 64.3 Å². The number of ether oxygens (including phenoxy) is 1. The lowest BCUT2D eigenvalue weighted by Crippen LogP contribution is -2.49. The van der Waals surface area contributed by atoms with E-state index in [0.29, 0.717) is 31.1 Å². The van der Waals surface area contributed by atoms with Crippen LogP contribution in [0.1, 0.15) is 39.5 Å². The van der Waals surface area contributed by atoms with Gasteiger partial charge in [-0.3, -0.25) is 4.98 Å². The summed E-state index contributed by atoms with van der Waals surface area (Å²) in [6.07, 6.45) is 7.99. The molecule has 0 saturated carbocycles. The van der Waals surface area contributed by atoms with E-state index in [2.05, 4.69) is 28.7 Å². The van der Waals surface area contributed by atoms with Crippen molar-refractivity contribution in [2.24, 2.45) is 5.73 Å². The van der Waals surface area contributed by atoms with E-state index in [4.69, 9.17) is 10.5 Å². The smallest absolute Gasteiger partial charge is 0.234 e. The minimum Gasteiger partial charge on any atom is -0.477 e. The second kappa shape index (κ2) is 6.70. The van der Waals surface area contributed by atoms with E-state index < -0.39 is 0 Å². The third-order valence-electron chi connectivity index (χ3n) is 3.62. The zero-order chi connectivity index (χ0) is 13.7. The summed E-state index contributed by atoms with van der Waals surface area (Å²) in [4.78, 5) is 11.1. The largest absolute Gasteiger partial charge is 0.477 e. The molecule has 1 aromatic rings. The molecule has 2 heterocycles. The molecule has 106 valence electrons. The Bertz CT molecular complexity index is 399. The SMILES string of the molecule is CCCOc1cncc(N2C(C)CCCC2CN)n1. The molecule has 0 bridgehead atoms. The standard InChI is InChI=1S/C14H24N4O/c1-3-7-19-14-10-16-9-13(17-14)18-11(2)5-4-6-12(18)8-15/h9-12H,3-8,15H2,1-2H3. The Balaban J connectivity index is 2.18. The summed E-state index contributed by atoms with van der Waals surface area (Å²) < 4.78 is 5.56. The van der Waals surface area contributed by atoms with Crippen LogP contribution in [0.5, 0.6) is 5.88 Å². The Hall–Kier alpha value is -1.36. The van der Waals surface area contributed by atoms with E-state index in [1.54, 1.807) is 6.20 Å². The highest BCUT2D eigenvalue weighted by Crippen LogP contribution is 2.27. The molecule has 0 amide bonds. The van der Waals surface area contributed by atoms with Crippen molar-refractivity contribution in [3.8, 4) is 5.88 Å². The van der Waals surface area contributed by atoms with Crippen molar-refractivity contribution in [1.29, 1.82) is 0 Å². The highest BCUT2D eigenvalue weighted by molar-refractivity contribution is 5.41. The maximum Gasteiger partial charge on any atom is 0.234 e. The fourth-order valence-electron chi connectivity index (χ4n) is 2.67. The van der Waals surface area contributed by atoms with Crippen LogP contribution in [0.3, 0.4) is 0 Å². The molecule has 1 fully saturated rings. The van der Waals surface area contributed by atoms with Crippen molar-refractivity contribution in [2.45, 2.75) is 51.6 Å². The van der Waals surface area contributed by atoms with Gasteiger partial charge in [0.15, 0.2) is 5.82 Å². The van der Waals surface area contributed by atoms with Crippen LogP contribution in [0.4, 0.5) is 5.82 Å². The first-order valence-corrected chi connectivity index (χ1v) is 7.19. The predicted molar refractivity (Wildman–Crippen MR) is 76.5 cm³/mol. The molecule has 0 aromatic carbocycles. The Morgan fingerprint density at radius 3 is 3.00 bits per heavy atom. The number of piperidine rings is 1. The molecule has 5 nitrogen and oxygen atoms in total. The number of aromatic nitrogens is 2. The molecule has 0 aliphatic carbocycles. The third kappa shape index (κ3) is 3.35. The van der Waals surface area contributed by atoms with Crippen LogP contribution in [-0.2, 0) is 0 Å². The summed E-state index contributed by atoms with van der Waals surface area (Å²) in [6.45, 7) is 5.64. The van der Waals surface area contributed by atoms with Gasteiger partial charge in [-0.2, -0.15) is 4.98 Å². The summed E-state index contributed by atoms with van der Waals surface area (Å²) in [6, 6.07) is 0.817. The monoisotopic (exact) mass is 264 g/mol. The Kier molecular flexibility index (Phi) is 4.96. The number of hydrogen-bond acceptors (Lipinski definition) is 5. The van der Waals surface area contributed by atoms with Crippen LogP contribution in [0.2, 0.25) is 0 Å². The van der Waals surface area contributed by atoms with Crippen LogP contribution in [0, 0.1) is 0 Å². The van der Waals surface area contributed by atoms with Crippen LogP contribution in [-0.4, -0.2) is 35.2 Å². The number of nitrogens with two attached hydrogens (primary N) is 1. The first kappa shape index (κ1) is 14.1. The van der Waals surface area contributed by atoms with E-state index in [9.17, 15) is 0 Å². The molecule has 2 atom stereocenters. The van der Waals surface area contributed by atoms with Crippen LogP contribution in [0.25, 0.3) is 0 Å². The fraction of sp³-hybridized carbons (Fsp3) is 0.714. The van der Waals surface area contributed by atoms with E-state index >= 15 is 0 Å². The van der Waals surface area contributed by atoms with Crippen molar-refractivity contribution in [2.75, 3.05) is 18.1 Å². The molecule has 1 saturated heterocycles. The quantitative estimate of drug-likeness (QED) is 0.881. The van der Waals surface area contributed by atoms with Crippen LogP contribution in [0.15, 0.2) is 12.4 Å². The zero-order valence-electron chi connectivity index (χ0n) is 11.9. The van der Waals surface area contributed by atoms with Crippen LogP contribution >= 0.6 is 0 Å². The number of hydrogen-bond donors (Lipinski definition) is 1. The van der Waals surface area contributed by atoms with Gasteiger partial charge in [-0.25, -0.2) is 0 Å². The molecular weight excluding hydrogens is 240 g/mol. The molecule has 2 N–H and O–H groups in total. The van der Waals surface area contributed by atoms with Crippen molar-refractivity contribution < 1.29 is 4.74 Å². The lowest BCUT2D eigenvalue weighted by Gasteiger charge is -2.41. The molecular formula is C14H24N4O. The fourth-order valence-corrected chi connectivity index (χ4v) is 2.67. The van der Waals surface area contributed by atoms with Crippen LogP contribution < -0.4 is 15.4 Å². The van der Waals surface area contributed by atoms with Gasteiger partial charge < -0.3 is 15.4 Å². The second-order valence-corrected chi connectivity index (χ2v) is 5.14. The molecule has 5 heteroatoms. The minimum atomic E-state index is 0.361. The summed E-state index contributed by atoms with van der Waals surface area (Å²) in [5.41, 5.74) is 5.89. The molecule has 1 aromatic heterocycles. The van der Waals surface area contributed by atoms with Gasteiger partial charge in [0.1, 0.15) is 0 Å². The summed E-state index contributed by atoms with van der Waals surface area (Å²) >= 11 is 0. The Morgan fingerprint density at radius 2 is 2.26 bits per heavy atom. The lowest BCUT2D eigenvalue weighted by atomic mass is 9.96. The maximum atomic E-state index is 5.89. The second-order valence-electron chi connectivity index (χ2n) is 5.14. The summed E-state index contributed by atoms with van der Waals surface area (Å²) in [7, 11) is 0. The average Bonchev–Trinajstić information content (AvgIpc) is 2.45. The van der Waals surface area contributed by atoms with Gasteiger partial charge in [-0.05, 0) is 32.6 Å². The van der Waals surface area contributed by atoms with E-state index in [-0.39, 0.29) is 0 Å². The first-order valence-electron chi connectivity index (χ1n) is 7.19. The van der Waals surface area contributed by atoms with Gasteiger partial charge >= 0.3 is 0 Å². The van der Waals surface area contributed by atoms with Gasteiger partial charge in [0.05, 0.1) is 19.0 Å². The lowest BCUT2D eigenvalue weighted by molar-refractivity contribution is 0.302. The summed E-state index contributed by atoms with van der Waals surface area (Å²) in [5, 5.41) is 0. The molecule has 19 heavy (non-hydrogen) atoms. The van der Waals surface area contributed by atoms with E-state index in [1.165, 1.54) is 12.8 Å². The maximum absolute atomic E-state index is 5.89. The van der Waals surface area contributed by atoms with Gasteiger partial charge in [0, 0.05) is 18.6 Å². The number of nitrogens with zero attached hydrogens (tertiary/aromatic N) is 3. The minimum absolute atomic E-state index is 0.361. The van der Waals surface area contributed by atoms with E-state index in [0.717, 1.165) is 18.7 Å². The molecule has 2 unspecified atom stereocenters. The molecule has 1 aliphatic heterocycles. The number of anilines is 1. The van der Waals surface area contributed by atoms with Crippen molar-refractivity contribution >= 4 is 5.82 Å². The number of rotatable bonds is 5. The molecule has 1 aliphatic rings. The van der Waals surface area contributed by atoms with Gasteiger partial charge in [0.25, 0.3) is 0 Å². The first-order chi connectivity index (χ1) is 9.26. The summed E-state index contributed by atoms with van der Waals surface area (Å²) in [5.74, 6) is 1.49. The van der Waals surface area contributed by atoms with Crippen molar-refractivity contribution in [3.05, 3.63) is 12.4 Å². The Labute approximate surface area is 115 Å². The average molecular weight is 264 g/mol. The Morgan fingerprint density at radius 1 is 1.42 bits per heavy atom. The van der Waals surface area contributed by atoms with Crippen molar-refractivity contribution in [3.63, 3.8) is 0 Å². The highest BCUT2D eigenvalue weighted by Gasteiger charge is 2.28.